The Morgan fingerprint density at radius 3 is 1.67 bits per heavy atom. The van der Waals surface area contributed by atoms with Crippen LogP contribution in [0.4, 0.5) is 70.2 Å². The maximum Gasteiger partial charge on any atom is 0.633 e. The Balaban J connectivity index is 1.42. The van der Waals surface area contributed by atoms with Crippen LogP contribution in [0, 0.1) is 81.4 Å². The van der Waals surface area contributed by atoms with Gasteiger partial charge in [-0.25, -0.2) is 52.7 Å². The van der Waals surface area contributed by atoms with E-state index in [0.717, 1.165) is 12.1 Å². The molecule has 0 atom stereocenters. The van der Waals surface area contributed by atoms with E-state index in [1.54, 1.807) is 0 Å². The fourth-order valence-corrected chi connectivity index (χ4v) is 6.92. The van der Waals surface area contributed by atoms with Gasteiger partial charge in [-0.05, 0) is 29.1 Å². The van der Waals surface area contributed by atoms with Crippen LogP contribution in [0.2, 0.25) is 0 Å². The van der Waals surface area contributed by atoms with Crippen LogP contribution in [0.1, 0.15) is 22.3 Å². The average Bonchev–Trinajstić information content (AvgIpc) is 3.66. The summed E-state index contributed by atoms with van der Waals surface area (Å²) in [5, 5.41) is -2.11. The predicted molar refractivity (Wildman–Crippen MR) is 160 cm³/mol. The van der Waals surface area contributed by atoms with E-state index in [-0.39, 0.29) is 5.56 Å². The molecule has 0 saturated carbocycles. The Bertz CT molecular complexity index is 2730. The van der Waals surface area contributed by atoms with Gasteiger partial charge in [0.15, 0.2) is 63.9 Å². The first kappa shape index (κ1) is 36.1. The lowest BCUT2D eigenvalue weighted by Gasteiger charge is -2.24. The molecule has 2 aliphatic carbocycles. The summed E-state index contributed by atoms with van der Waals surface area (Å²) in [6.45, 7) is 0. The first-order valence-electron chi connectivity index (χ1n) is 15.2. The zero-order chi connectivity index (χ0) is 39.7. The van der Waals surface area contributed by atoms with E-state index >= 15 is 35.1 Å². The fourth-order valence-electron chi connectivity index (χ4n) is 6.92. The van der Waals surface area contributed by atoms with Crippen LogP contribution >= 0.6 is 0 Å². The van der Waals surface area contributed by atoms with Gasteiger partial charge in [-0.15, -0.1) is 0 Å². The first-order chi connectivity index (χ1) is 25.9. The van der Waals surface area contributed by atoms with Crippen molar-refractivity contribution in [2.45, 2.75) is 12.3 Å². The molecule has 55 heavy (non-hydrogen) atoms. The molecule has 0 N–H and O–H groups in total. The number of halogens is 16. The van der Waals surface area contributed by atoms with Crippen molar-refractivity contribution >= 4 is 23.4 Å². The van der Waals surface area contributed by atoms with Gasteiger partial charge in [-0.2, -0.15) is 17.6 Å². The molecule has 0 aliphatic heterocycles. The normalized spacial score (nSPS) is 13.5. The lowest BCUT2D eigenvalue weighted by atomic mass is 9.75. The molecule has 19 heteroatoms. The summed E-state index contributed by atoms with van der Waals surface area (Å²) in [4.78, 5) is 0. The van der Waals surface area contributed by atoms with Crippen LogP contribution in [0.5, 0.6) is 11.5 Å². The number of hydrogen-bond acceptors (Lipinski definition) is 2. The van der Waals surface area contributed by atoms with Gasteiger partial charge in [0, 0.05) is 39.7 Å². The second-order valence-electron chi connectivity index (χ2n) is 12.2. The number of fused-ring (bicyclic) bond motifs is 7. The highest BCUT2D eigenvalue weighted by atomic mass is 19.3. The second kappa shape index (κ2) is 12.1. The lowest BCUT2D eigenvalue weighted by molar-refractivity contribution is 0.0404. The molecule has 0 radical (unpaired) electrons. The van der Waals surface area contributed by atoms with E-state index in [9.17, 15) is 35.1 Å². The fraction of sp³-hybridized carbons (Fsp3) is 0.0556. The molecule has 8 rings (SSSR count). The Morgan fingerprint density at radius 1 is 0.455 bits per heavy atom. The van der Waals surface area contributed by atoms with Crippen molar-refractivity contribution in [3.05, 3.63) is 146 Å². The Hall–Kier alpha value is -5.88. The number of rotatable bonds is 5. The van der Waals surface area contributed by atoms with E-state index in [1.165, 1.54) is 6.07 Å². The third-order valence-corrected chi connectivity index (χ3v) is 9.28. The summed E-state index contributed by atoms with van der Waals surface area (Å²) in [5.41, 5.74) is -12.4. The van der Waals surface area contributed by atoms with Crippen LogP contribution in [0.15, 0.2) is 42.5 Å². The van der Waals surface area contributed by atoms with E-state index < -0.39 is 168 Å². The monoisotopic (exact) mass is 788 g/mol. The molecule has 0 bridgehead atoms. The van der Waals surface area contributed by atoms with E-state index in [0.29, 0.717) is 24.3 Å². The summed E-state index contributed by atoms with van der Waals surface area (Å²) in [6, 6.07) is 4.99. The molecule has 6 aromatic rings. The van der Waals surface area contributed by atoms with Crippen molar-refractivity contribution in [3.8, 4) is 33.8 Å². The van der Waals surface area contributed by atoms with Crippen LogP contribution in [0.25, 0.3) is 33.0 Å². The minimum atomic E-state index is -5.34. The quantitative estimate of drug-likeness (QED) is 0.0749. The molecule has 2 nitrogen and oxygen atoms in total. The zero-order valence-electron chi connectivity index (χ0n) is 26.2. The zero-order valence-corrected chi connectivity index (χ0v) is 26.2. The van der Waals surface area contributed by atoms with Crippen LogP contribution in [0.3, 0.4) is 0 Å². The summed E-state index contributed by atoms with van der Waals surface area (Å²) < 4.78 is 253. The summed E-state index contributed by atoms with van der Waals surface area (Å²) in [7, 11) is -2.98. The Morgan fingerprint density at radius 2 is 1.00 bits per heavy atom. The van der Waals surface area contributed by atoms with Crippen molar-refractivity contribution in [1.29, 1.82) is 0 Å². The largest absolute Gasteiger partial charge is 0.633 e. The number of benzene rings is 6. The molecule has 0 aromatic heterocycles. The highest BCUT2D eigenvalue weighted by Crippen LogP contribution is 2.59. The maximum absolute atomic E-state index is 16.0. The Kier molecular flexibility index (Phi) is 7.92. The highest BCUT2D eigenvalue weighted by Gasteiger charge is 2.56. The third kappa shape index (κ3) is 4.80. The lowest BCUT2D eigenvalue weighted by Crippen LogP contribution is -2.44. The Labute approximate surface area is 295 Å². The van der Waals surface area contributed by atoms with Crippen molar-refractivity contribution in [2.75, 3.05) is 0 Å². The van der Waals surface area contributed by atoms with Gasteiger partial charge in [0.05, 0.1) is 16.5 Å². The van der Waals surface area contributed by atoms with E-state index in [2.05, 4.69) is 0 Å². The van der Waals surface area contributed by atoms with Gasteiger partial charge in [0.25, 0.3) is 0 Å². The molecule has 0 amide bonds. The molecule has 6 aromatic carbocycles. The van der Waals surface area contributed by atoms with Crippen molar-refractivity contribution < 1.29 is 79.6 Å². The van der Waals surface area contributed by atoms with Gasteiger partial charge >= 0.3 is 13.0 Å². The molecule has 0 heterocycles. The average molecular weight is 788 g/mol. The van der Waals surface area contributed by atoms with E-state index in [1.807, 2.05) is 0 Å². The first-order valence-corrected chi connectivity index (χ1v) is 15.2. The second-order valence-corrected chi connectivity index (χ2v) is 12.2. The van der Waals surface area contributed by atoms with Crippen LogP contribution in [-0.2, 0) is 12.3 Å². The number of alkyl halides is 2. The molecule has 280 valence electrons. The standard InChI is InChI=1S/C36H9BF16O2/c38-13-3-1-2-9-8-11-18(16(9)13)24(42)29(47)32(50)34(11)54-37(12-5-7-14(39)17-10(12)4-6-15(40)23(17)41)55-35-22-20(26(44)30(48)33(35)51)19-21(36(22,52)53)27(45)31(49)28(46)25(19)43/h1-7H,8H2. The number of hydrogen-bond donors (Lipinski definition) is 0. The summed E-state index contributed by atoms with van der Waals surface area (Å²) >= 11 is 0. The smallest absolute Gasteiger partial charge is 0.519 e. The van der Waals surface area contributed by atoms with Crippen molar-refractivity contribution in [3.63, 3.8) is 0 Å². The third-order valence-electron chi connectivity index (χ3n) is 9.28. The van der Waals surface area contributed by atoms with Crippen molar-refractivity contribution in [2.24, 2.45) is 0 Å². The molecule has 0 fully saturated rings. The topological polar surface area (TPSA) is 18.5 Å². The highest BCUT2D eigenvalue weighted by molar-refractivity contribution is 6.65. The maximum atomic E-state index is 16.0. The minimum absolute atomic E-state index is 0.101. The molecule has 0 unspecified atom stereocenters. The van der Waals surface area contributed by atoms with Gasteiger partial charge in [-0.1, -0.05) is 24.3 Å². The molecule has 0 spiro atoms. The van der Waals surface area contributed by atoms with Crippen LogP contribution in [-0.4, -0.2) is 7.12 Å². The van der Waals surface area contributed by atoms with Crippen molar-refractivity contribution in [1.82, 2.24) is 0 Å². The summed E-state index contributed by atoms with van der Waals surface area (Å²) in [6.07, 6.45) is -0.666. The van der Waals surface area contributed by atoms with Gasteiger partial charge in [0.1, 0.15) is 17.4 Å². The predicted octanol–water partition coefficient (Wildman–Crippen LogP) is 10.3. The molecule has 0 saturated heterocycles. The van der Waals surface area contributed by atoms with Crippen LogP contribution < -0.4 is 14.8 Å². The SMILES string of the molecule is Fc1cccc2c1-c1c(F)c(F)c(F)c(OB(Oc3c(F)c(F)c(F)c4c3C(F)(F)c3c(F)c(F)c(F)c(F)c3-4)c3ccc(F)c4c(F)c(F)ccc34)c1C2. The molecular weight excluding hydrogens is 779 g/mol. The molecule has 2 aliphatic rings. The summed E-state index contributed by atoms with van der Waals surface area (Å²) in [5.74, 6) is -41.3. The van der Waals surface area contributed by atoms with E-state index in [4.69, 9.17) is 9.31 Å². The van der Waals surface area contributed by atoms with Gasteiger partial charge < -0.3 is 9.31 Å². The minimum Gasteiger partial charge on any atom is -0.519 e. The molecular formula is C36H9BF16O2. The van der Waals surface area contributed by atoms with Gasteiger partial charge in [0.2, 0.25) is 11.6 Å². The van der Waals surface area contributed by atoms with Gasteiger partial charge in [-0.3, -0.25) is 0 Å².